The lowest BCUT2D eigenvalue weighted by molar-refractivity contribution is 0.102. The second-order valence-electron chi connectivity index (χ2n) is 6.06. The first-order chi connectivity index (χ1) is 13.8. The van der Waals surface area contributed by atoms with E-state index in [9.17, 15) is 17.6 Å². The van der Waals surface area contributed by atoms with Crippen LogP contribution >= 0.6 is 0 Å². The smallest absolute Gasteiger partial charge is 0.255 e. The molecule has 0 aliphatic rings. The highest BCUT2D eigenvalue weighted by Crippen LogP contribution is 2.22. The number of carbonyl (C=O) groups excluding carboxylic acids is 1. The molecule has 9 heteroatoms. The minimum absolute atomic E-state index is 0.0296. The summed E-state index contributed by atoms with van der Waals surface area (Å²) in [6, 6.07) is 9.78. The molecule has 0 saturated heterocycles. The van der Waals surface area contributed by atoms with Crippen molar-refractivity contribution in [3.05, 3.63) is 53.8 Å². The fourth-order valence-corrected chi connectivity index (χ4v) is 4.15. The van der Waals surface area contributed by atoms with Crippen molar-refractivity contribution in [1.29, 1.82) is 0 Å². The minimum Gasteiger partial charge on any atom is -0.488 e. The molecule has 0 aliphatic carbocycles. The second kappa shape index (κ2) is 10.3. The number of amides is 1. The van der Waals surface area contributed by atoms with Gasteiger partial charge in [0.25, 0.3) is 5.91 Å². The minimum atomic E-state index is -3.69. The summed E-state index contributed by atoms with van der Waals surface area (Å²) in [6.45, 7) is 4.67. The number of hydrogen-bond donors (Lipinski definition) is 1. The van der Waals surface area contributed by atoms with Gasteiger partial charge in [0.15, 0.2) is 11.6 Å². The number of benzene rings is 2. The maximum absolute atomic E-state index is 14.1. The van der Waals surface area contributed by atoms with Gasteiger partial charge in [0, 0.05) is 37.5 Å². The van der Waals surface area contributed by atoms with Crippen molar-refractivity contribution in [1.82, 2.24) is 4.31 Å². The number of halogens is 1. The van der Waals surface area contributed by atoms with E-state index in [1.165, 1.54) is 47.8 Å². The third-order valence-electron chi connectivity index (χ3n) is 4.17. The molecule has 7 nitrogen and oxygen atoms in total. The van der Waals surface area contributed by atoms with Gasteiger partial charge >= 0.3 is 0 Å². The van der Waals surface area contributed by atoms with Gasteiger partial charge in [-0.3, -0.25) is 4.79 Å². The number of carbonyl (C=O) groups is 1. The van der Waals surface area contributed by atoms with E-state index in [-0.39, 0.29) is 28.5 Å². The predicted octanol–water partition coefficient (Wildman–Crippen LogP) is 3.13. The molecule has 0 spiro atoms. The number of sulfonamides is 1. The number of hydrogen-bond acceptors (Lipinski definition) is 5. The van der Waals surface area contributed by atoms with Crippen LogP contribution in [0.5, 0.6) is 5.75 Å². The van der Waals surface area contributed by atoms with Crippen molar-refractivity contribution < 1.29 is 27.1 Å². The quantitative estimate of drug-likeness (QED) is 0.593. The van der Waals surface area contributed by atoms with Crippen LogP contribution < -0.4 is 10.1 Å². The Balaban J connectivity index is 2.17. The van der Waals surface area contributed by atoms with E-state index < -0.39 is 21.7 Å². The van der Waals surface area contributed by atoms with Crippen LogP contribution in [-0.2, 0) is 14.8 Å². The summed E-state index contributed by atoms with van der Waals surface area (Å²) < 4.78 is 50.8. The van der Waals surface area contributed by atoms with Gasteiger partial charge in [-0.2, -0.15) is 4.31 Å². The van der Waals surface area contributed by atoms with E-state index in [1.54, 1.807) is 13.8 Å². The average Bonchev–Trinajstić information content (AvgIpc) is 2.70. The highest BCUT2D eigenvalue weighted by molar-refractivity contribution is 7.89. The molecule has 1 amide bonds. The Hall–Kier alpha value is -2.49. The summed E-state index contributed by atoms with van der Waals surface area (Å²) >= 11 is 0. The van der Waals surface area contributed by atoms with E-state index in [0.717, 1.165) is 6.07 Å². The first-order valence-corrected chi connectivity index (χ1v) is 10.6. The molecule has 0 atom stereocenters. The molecule has 0 bridgehead atoms. The number of methoxy groups -OCH3 is 1. The standard InChI is InChI=1S/C20H25FN2O5S/c1-4-23(5-2)29(25,26)17-8-6-7-15(13-17)20(24)22-16-9-10-19(18(21)14-16)28-12-11-27-3/h6-10,13-14H,4-5,11-12H2,1-3H3,(H,22,24). The van der Waals surface area contributed by atoms with E-state index in [2.05, 4.69) is 5.32 Å². The number of anilines is 1. The summed E-state index contributed by atoms with van der Waals surface area (Å²) in [5.41, 5.74) is 0.377. The van der Waals surface area contributed by atoms with Crippen molar-refractivity contribution in [2.75, 3.05) is 38.7 Å². The summed E-state index contributed by atoms with van der Waals surface area (Å²) in [6.07, 6.45) is 0. The third kappa shape index (κ3) is 5.75. The molecule has 0 saturated carbocycles. The lowest BCUT2D eigenvalue weighted by Gasteiger charge is -2.18. The van der Waals surface area contributed by atoms with Crippen molar-refractivity contribution in [2.45, 2.75) is 18.7 Å². The lowest BCUT2D eigenvalue weighted by atomic mass is 10.2. The predicted molar refractivity (Wildman–Crippen MR) is 108 cm³/mol. The van der Waals surface area contributed by atoms with E-state index in [1.807, 2.05) is 0 Å². The lowest BCUT2D eigenvalue weighted by Crippen LogP contribution is -2.30. The van der Waals surface area contributed by atoms with Crippen molar-refractivity contribution in [3.8, 4) is 5.75 Å². The number of rotatable bonds is 10. The van der Waals surface area contributed by atoms with Crippen LogP contribution in [0.4, 0.5) is 10.1 Å². The molecule has 0 radical (unpaired) electrons. The average molecular weight is 424 g/mol. The molecule has 1 N–H and O–H groups in total. The van der Waals surface area contributed by atoms with E-state index in [0.29, 0.717) is 19.7 Å². The Kier molecular flexibility index (Phi) is 8.12. The van der Waals surface area contributed by atoms with Crippen molar-refractivity contribution in [3.63, 3.8) is 0 Å². The Morgan fingerprint density at radius 1 is 1.10 bits per heavy atom. The maximum atomic E-state index is 14.1. The molecule has 2 aromatic carbocycles. The molecule has 0 aliphatic heterocycles. The topological polar surface area (TPSA) is 84.9 Å². The molecule has 0 unspecified atom stereocenters. The normalized spacial score (nSPS) is 11.5. The van der Waals surface area contributed by atoms with E-state index >= 15 is 0 Å². The third-order valence-corrected chi connectivity index (χ3v) is 6.22. The number of nitrogens with zero attached hydrogens (tertiary/aromatic N) is 1. The summed E-state index contributed by atoms with van der Waals surface area (Å²) in [5, 5.41) is 2.56. The largest absolute Gasteiger partial charge is 0.488 e. The van der Waals surface area contributed by atoms with Crippen LogP contribution in [0.1, 0.15) is 24.2 Å². The monoisotopic (exact) mass is 424 g/mol. The molecule has 158 valence electrons. The van der Waals surface area contributed by atoms with Gasteiger partial charge in [-0.05, 0) is 30.3 Å². The van der Waals surface area contributed by atoms with Crippen LogP contribution in [0.25, 0.3) is 0 Å². The van der Waals surface area contributed by atoms with Gasteiger partial charge in [-0.15, -0.1) is 0 Å². The van der Waals surface area contributed by atoms with Gasteiger partial charge in [0.05, 0.1) is 11.5 Å². The summed E-state index contributed by atoms with van der Waals surface area (Å²) in [7, 11) is -2.17. The molecule has 0 fully saturated rings. The Morgan fingerprint density at radius 3 is 2.45 bits per heavy atom. The van der Waals surface area contributed by atoms with Crippen LogP contribution in [0, 0.1) is 5.82 Å². The number of nitrogens with one attached hydrogen (secondary N) is 1. The van der Waals surface area contributed by atoms with Gasteiger partial charge in [-0.25, -0.2) is 12.8 Å². The molecule has 0 heterocycles. The Morgan fingerprint density at radius 2 is 1.83 bits per heavy atom. The highest BCUT2D eigenvalue weighted by Gasteiger charge is 2.22. The van der Waals surface area contributed by atoms with Crippen LogP contribution in [0.3, 0.4) is 0 Å². The molecule has 0 aromatic heterocycles. The van der Waals surface area contributed by atoms with Gasteiger partial charge in [0.1, 0.15) is 6.61 Å². The van der Waals surface area contributed by atoms with E-state index in [4.69, 9.17) is 9.47 Å². The van der Waals surface area contributed by atoms with Crippen LogP contribution in [0.2, 0.25) is 0 Å². The Bertz CT molecular complexity index is 946. The zero-order valence-corrected chi connectivity index (χ0v) is 17.5. The summed E-state index contributed by atoms with van der Waals surface area (Å²) in [5.74, 6) is -1.13. The molecule has 2 rings (SSSR count). The molecular weight excluding hydrogens is 399 g/mol. The van der Waals surface area contributed by atoms with Gasteiger partial charge in [-0.1, -0.05) is 19.9 Å². The molecule has 29 heavy (non-hydrogen) atoms. The first kappa shape index (κ1) is 22.8. The number of ether oxygens (including phenoxy) is 2. The molecular formula is C20H25FN2O5S. The zero-order valence-electron chi connectivity index (χ0n) is 16.6. The van der Waals surface area contributed by atoms with Crippen LogP contribution in [-0.4, -0.2) is 52.0 Å². The van der Waals surface area contributed by atoms with Gasteiger partial charge in [0.2, 0.25) is 10.0 Å². The van der Waals surface area contributed by atoms with Crippen molar-refractivity contribution in [2.24, 2.45) is 0 Å². The van der Waals surface area contributed by atoms with Crippen molar-refractivity contribution >= 4 is 21.6 Å². The van der Waals surface area contributed by atoms with Gasteiger partial charge < -0.3 is 14.8 Å². The summed E-state index contributed by atoms with van der Waals surface area (Å²) in [4.78, 5) is 12.5. The zero-order chi connectivity index (χ0) is 21.4. The van der Waals surface area contributed by atoms with Crippen LogP contribution in [0.15, 0.2) is 47.4 Å². The SMILES string of the molecule is CCN(CC)S(=O)(=O)c1cccc(C(=O)Nc2ccc(OCCOC)c(F)c2)c1. The molecule has 2 aromatic rings. The Labute approximate surface area is 170 Å². The maximum Gasteiger partial charge on any atom is 0.255 e. The fourth-order valence-electron chi connectivity index (χ4n) is 2.64. The first-order valence-electron chi connectivity index (χ1n) is 9.16. The highest BCUT2D eigenvalue weighted by atomic mass is 32.2. The fraction of sp³-hybridized carbons (Fsp3) is 0.350. The second-order valence-corrected chi connectivity index (χ2v) is 8.00.